The highest BCUT2D eigenvalue weighted by atomic mass is 32.2. The Bertz CT molecular complexity index is 1230. The molecule has 1 N–H and O–H groups in total. The molecular weight excluding hydrogens is 392 g/mol. The number of rotatable bonds is 3. The summed E-state index contributed by atoms with van der Waals surface area (Å²) < 4.78 is 38.4. The van der Waals surface area contributed by atoms with Crippen molar-refractivity contribution in [3.05, 3.63) is 54.6 Å². The van der Waals surface area contributed by atoms with Gasteiger partial charge in [0.05, 0.1) is 23.8 Å². The molecule has 5 rings (SSSR count). The molecule has 7 nitrogen and oxygen atoms in total. The highest BCUT2D eigenvalue weighted by Crippen LogP contribution is 2.41. The smallest absolute Gasteiger partial charge is 0.265 e. The van der Waals surface area contributed by atoms with Crippen LogP contribution in [0.15, 0.2) is 59.5 Å². The fraction of sp³-hybridized carbons (Fsp3) is 0.190. The molecule has 3 aromatic rings. The van der Waals surface area contributed by atoms with E-state index in [1.807, 2.05) is 12.1 Å². The van der Waals surface area contributed by atoms with E-state index in [9.17, 15) is 13.2 Å². The molecule has 0 aromatic heterocycles. The van der Waals surface area contributed by atoms with Crippen LogP contribution in [0.4, 0.5) is 11.4 Å². The van der Waals surface area contributed by atoms with Crippen molar-refractivity contribution in [2.45, 2.75) is 11.3 Å². The van der Waals surface area contributed by atoms with Gasteiger partial charge in [0.25, 0.3) is 10.0 Å². The van der Waals surface area contributed by atoms with Crippen LogP contribution in [0.3, 0.4) is 0 Å². The van der Waals surface area contributed by atoms with Crippen LogP contribution >= 0.6 is 0 Å². The second-order valence-corrected chi connectivity index (χ2v) is 8.73. The number of benzene rings is 3. The fourth-order valence-corrected chi connectivity index (χ4v) is 5.37. The normalized spacial score (nSPS) is 16.5. The largest absolute Gasteiger partial charge is 0.490 e. The summed E-state index contributed by atoms with van der Waals surface area (Å²) in [5.41, 5.74) is 1.04. The summed E-state index contributed by atoms with van der Waals surface area (Å²) in [6.45, 7) is 0.806. The van der Waals surface area contributed by atoms with Crippen molar-refractivity contribution in [1.82, 2.24) is 0 Å². The molecule has 3 aromatic carbocycles. The third kappa shape index (κ3) is 2.96. The number of hydrogen-bond acceptors (Lipinski definition) is 5. The van der Waals surface area contributed by atoms with Gasteiger partial charge >= 0.3 is 0 Å². The van der Waals surface area contributed by atoms with Gasteiger partial charge in [-0.15, -0.1) is 0 Å². The maximum atomic E-state index is 13.0. The van der Waals surface area contributed by atoms with Gasteiger partial charge in [-0.3, -0.25) is 9.10 Å². The minimum absolute atomic E-state index is 0.231. The summed E-state index contributed by atoms with van der Waals surface area (Å²) in [6, 6.07) is 15.6. The van der Waals surface area contributed by atoms with Gasteiger partial charge in [0, 0.05) is 23.6 Å². The minimum atomic E-state index is -3.78. The first-order chi connectivity index (χ1) is 14.0. The Hall–Kier alpha value is -3.26. The van der Waals surface area contributed by atoms with Crippen molar-refractivity contribution < 1.29 is 22.7 Å². The maximum absolute atomic E-state index is 13.0. The van der Waals surface area contributed by atoms with Crippen LogP contribution in [0.1, 0.15) is 6.42 Å². The molecule has 0 saturated heterocycles. The first kappa shape index (κ1) is 17.8. The zero-order chi connectivity index (χ0) is 20.0. The van der Waals surface area contributed by atoms with E-state index in [0.717, 1.165) is 16.1 Å². The Morgan fingerprint density at radius 3 is 2.59 bits per heavy atom. The molecule has 0 unspecified atom stereocenters. The molecule has 0 fully saturated rings. The van der Waals surface area contributed by atoms with Crippen molar-refractivity contribution in [3.63, 3.8) is 0 Å². The standard InChI is InChI=1S/C21H18N2O5S/c24-20(22-15-8-9-17-18(12-15)28-11-3-10-27-17)13-23-16-6-1-4-14-5-2-7-19(21(14)16)29(23,25)26/h1-2,4-9,12H,3,10-11,13H2,(H,22,24). The van der Waals surface area contributed by atoms with Crippen LogP contribution in [0.25, 0.3) is 10.8 Å². The highest BCUT2D eigenvalue weighted by molar-refractivity contribution is 7.93. The Labute approximate surface area is 167 Å². The molecule has 0 saturated carbocycles. The van der Waals surface area contributed by atoms with Crippen LogP contribution in [0, 0.1) is 0 Å². The molecule has 0 radical (unpaired) electrons. The fourth-order valence-electron chi connectivity index (χ4n) is 3.70. The summed E-state index contributed by atoms with van der Waals surface area (Å²) >= 11 is 0. The Morgan fingerprint density at radius 1 is 1.00 bits per heavy atom. The third-order valence-corrected chi connectivity index (χ3v) is 6.80. The van der Waals surface area contributed by atoms with Gasteiger partial charge < -0.3 is 14.8 Å². The Balaban J connectivity index is 1.41. The molecule has 8 heteroatoms. The quantitative estimate of drug-likeness (QED) is 0.717. The molecule has 2 aliphatic heterocycles. The lowest BCUT2D eigenvalue weighted by molar-refractivity contribution is -0.114. The monoisotopic (exact) mass is 410 g/mol. The summed E-state index contributed by atoms with van der Waals surface area (Å²) in [4.78, 5) is 12.9. The summed E-state index contributed by atoms with van der Waals surface area (Å²) in [7, 11) is -3.78. The van der Waals surface area contributed by atoms with E-state index in [2.05, 4.69) is 5.32 Å². The number of carbonyl (C=O) groups is 1. The number of fused-ring (bicyclic) bond motifs is 1. The number of nitrogens with one attached hydrogen (secondary N) is 1. The summed E-state index contributed by atoms with van der Waals surface area (Å²) in [5.74, 6) is 0.754. The van der Waals surface area contributed by atoms with Gasteiger partial charge in [-0.05, 0) is 29.7 Å². The lowest BCUT2D eigenvalue weighted by Crippen LogP contribution is -2.35. The molecular formula is C21H18N2O5S. The number of ether oxygens (including phenoxy) is 2. The van der Waals surface area contributed by atoms with Crippen LogP contribution in [0.5, 0.6) is 11.5 Å². The van der Waals surface area contributed by atoms with Crippen LogP contribution in [0.2, 0.25) is 0 Å². The molecule has 2 heterocycles. The number of anilines is 2. The topological polar surface area (TPSA) is 84.9 Å². The predicted octanol–water partition coefficient (Wildman–Crippen LogP) is 3.15. The average molecular weight is 410 g/mol. The third-order valence-electron chi connectivity index (χ3n) is 5.00. The number of carbonyl (C=O) groups excluding carboxylic acids is 1. The van der Waals surface area contributed by atoms with Gasteiger partial charge in [0.2, 0.25) is 5.91 Å². The summed E-state index contributed by atoms with van der Waals surface area (Å²) in [5, 5.41) is 4.23. The van der Waals surface area contributed by atoms with E-state index in [4.69, 9.17) is 9.47 Å². The van der Waals surface area contributed by atoms with Gasteiger partial charge in [0.1, 0.15) is 6.54 Å². The second-order valence-electron chi connectivity index (χ2n) is 6.90. The zero-order valence-corrected chi connectivity index (χ0v) is 16.2. The lowest BCUT2D eigenvalue weighted by atomic mass is 10.1. The van der Waals surface area contributed by atoms with Crippen molar-refractivity contribution in [2.75, 3.05) is 29.4 Å². The number of sulfonamides is 1. The minimum Gasteiger partial charge on any atom is -0.490 e. The van der Waals surface area contributed by atoms with Crippen molar-refractivity contribution in [2.24, 2.45) is 0 Å². The van der Waals surface area contributed by atoms with E-state index < -0.39 is 15.9 Å². The highest BCUT2D eigenvalue weighted by Gasteiger charge is 2.36. The molecule has 0 aliphatic carbocycles. The van der Waals surface area contributed by atoms with Gasteiger partial charge in [-0.2, -0.15) is 0 Å². The molecule has 1 amide bonds. The van der Waals surface area contributed by atoms with Gasteiger partial charge in [-0.25, -0.2) is 8.42 Å². The molecule has 29 heavy (non-hydrogen) atoms. The second kappa shape index (κ2) is 6.66. The summed E-state index contributed by atoms with van der Waals surface area (Å²) in [6.07, 6.45) is 0.787. The van der Waals surface area contributed by atoms with E-state index in [0.29, 0.717) is 41.5 Å². The zero-order valence-electron chi connectivity index (χ0n) is 15.4. The Kier molecular flexibility index (Phi) is 4.09. The maximum Gasteiger partial charge on any atom is 0.265 e. The SMILES string of the molecule is O=C(CN1c2cccc3cccc(c23)S1(=O)=O)Nc1ccc2c(c1)OCCCO2. The molecule has 148 valence electrons. The molecule has 0 spiro atoms. The average Bonchev–Trinajstić information content (AvgIpc) is 2.86. The molecule has 2 aliphatic rings. The van der Waals surface area contributed by atoms with E-state index >= 15 is 0 Å². The van der Waals surface area contributed by atoms with Crippen molar-refractivity contribution in [1.29, 1.82) is 0 Å². The predicted molar refractivity (Wildman–Crippen MR) is 109 cm³/mol. The van der Waals surface area contributed by atoms with E-state index in [1.165, 1.54) is 0 Å². The van der Waals surface area contributed by atoms with Crippen LogP contribution in [-0.2, 0) is 14.8 Å². The van der Waals surface area contributed by atoms with Crippen LogP contribution < -0.4 is 19.1 Å². The van der Waals surface area contributed by atoms with Gasteiger partial charge in [-0.1, -0.05) is 24.3 Å². The molecule has 0 atom stereocenters. The van der Waals surface area contributed by atoms with E-state index in [-0.39, 0.29) is 11.4 Å². The van der Waals surface area contributed by atoms with Gasteiger partial charge in [0.15, 0.2) is 11.5 Å². The number of hydrogen-bond donors (Lipinski definition) is 1. The Morgan fingerprint density at radius 2 is 1.76 bits per heavy atom. The first-order valence-corrected chi connectivity index (χ1v) is 10.7. The number of amides is 1. The van der Waals surface area contributed by atoms with E-state index in [1.54, 1.807) is 42.5 Å². The van der Waals surface area contributed by atoms with Crippen molar-refractivity contribution in [3.8, 4) is 11.5 Å². The lowest BCUT2D eigenvalue weighted by Gasteiger charge is -2.18. The molecule has 0 bridgehead atoms. The first-order valence-electron chi connectivity index (χ1n) is 9.28. The van der Waals surface area contributed by atoms with Crippen LogP contribution in [-0.4, -0.2) is 34.1 Å². The van der Waals surface area contributed by atoms with Crippen molar-refractivity contribution >= 4 is 38.1 Å². The number of nitrogens with zero attached hydrogens (tertiary/aromatic N) is 1.